The Labute approximate surface area is 394 Å². The molecule has 0 aliphatic heterocycles. The topological polar surface area (TPSA) is 230 Å². The molecule has 3 unspecified atom stereocenters. The fraction of sp³-hybridized carbons (Fsp3) is 0.608. The molecule has 7 N–H and O–H groups in total. The molecule has 1 rings (SSSR count). The van der Waals surface area contributed by atoms with E-state index in [0.29, 0.717) is 25.7 Å². The van der Waals surface area contributed by atoms with E-state index in [9.17, 15) is 49.7 Å². The zero-order valence-electron chi connectivity index (χ0n) is 39.3. The Balaban J connectivity index is 2.55. The maximum atomic E-state index is 12.8. The number of rotatable bonds is 37. The molecule has 1 saturated carbocycles. The molecule has 1 fully saturated rings. The van der Waals surface area contributed by atoms with Gasteiger partial charge in [0.25, 0.3) is 0 Å². The first kappa shape index (κ1) is 60.5. The van der Waals surface area contributed by atoms with Gasteiger partial charge in [-0.2, -0.15) is 0 Å². The first-order valence-electron chi connectivity index (χ1n) is 23.7. The highest BCUT2D eigenvalue weighted by Crippen LogP contribution is 2.47. The molecule has 0 radical (unpaired) electrons. The van der Waals surface area contributed by atoms with E-state index < -0.39 is 75.7 Å². The van der Waals surface area contributed by atoms with E-state index in [0.717, 1.165) is 64.2 Å². The number of aliphatic hydroxyl groups is 6. The zero-order chi connectivity index (χ0) is 48.7. The largest absolute Gasteiger partial charge is 0.472 e. The fourth-order valence-electron chi connectivity index (χ4n) is 6.28. The highest BCUT2D eigenvalue weighted by atomic mass is 31.2. The smallest absolute Gasteiger partial charge is 0.462 e. The van der Waals surface area contributed by atoms with E-state index >= 15 is 0 Å². The van der Waals surface area contributed by atoms with Crippen molar-refractivity contribution in [1.29, 1.82) is 0 Å². The Hall–Kier alpha value is -3.53. The van der Waals surface area contributed by atoms with Crippen LogP contribution in [0.15, 0.2) is 109 Å². The number of unbranched alkanes of at least 4 members (excludes halogenated alkanes) is 5. The molecule has 0 aromatic rings. The van der Waals surface area contributed by atoms with Crippen LogP contribution in [0.2, 0.25) is 0 Å². The number of carbonyl (C=O) groups is 2. The minimum Gasteiger partial charge on any atom is -0.462 e. The maximum Gasteiger partial charge on any atom is 0.472 e. The summed E-state index contributed by atoms with van der Waals surface area (Å²) >= 11 is 0. The van der Waals surface area contributed by atoms with Gasteiger partial charge in [-0.25, -0.2) is 4.57 Å². The van der Waals surface area contributed by atoms with E-state index in [1.807, 2.05) is 36.5 Å². The van der Waals surface area contributed by atoms with Crippen molar-refractivity contribution in [3.63, 3.8) is 0 Å². The van der Waals surface area contributed by atoms with Gasteiger partial charge in [-0.05, 0) is 103 Å². The van der Waals surface area contributed by atoms with Crippen LogP contribution < -0.4 is 0 Å². The molecule has 0 saturated heterocycles. The molecule has 0 aromatic heterocycles. The van der Waals surface area contributed by atoms with Gasteiger partial charge >= 0.3 is 19.8 Å². The lowest BCUT2D eigenvalue weighted by molar-refractivity contribution is -0.220. The Kier molecular flexibility index (Phi) is 36.2. The van der Waals surface area contributed by atoms with Gasteiger partial charge in [0.1, 0.15) is 43.2 Å². The number of aliphatic hydroxyl groups excluding tert-OH is 6. The molecule has 14 nitrogen and oxygen atoms in total. The molecule has 0 spiro atoms. The van der Waals surface area contributed by atoms with Crippen LogP contribution in [0.25, 0.3) is 0 Å². The summed E-state index contributed by atoms with van der Waals surface area (Å²) in [5, 5.41) is 59.5. The summed E-state index contributed by atoms with van der Waals surface area (Å²) in [6, 6.07) is 0. The first-order chi connectivity index (χ1) is 31.8. The monoisotopic (exact) mass is 949 g/mol. The lowest BCUT2D eigenvalue weighted by Gasteiger charge is -2.41. The summed E-state index contributed by atoms with van der Waals surface area (Å²) in [6.45, 7) is 2.70. The van der Waals surface area contributed by atoms with Gasteiger partial charge < -0.3 is 45.0 Å². The van der Waals surface area contributed by atoms with E-state index in [2.05, 4.69) is 79.8 Å². The second-order valence-corrected chi connectivity index (χ2v) is 17.6. The number of allylic oxidation sites excluding steroid dienone is 18. The van der Waals surface area contributed by atoms with E-state index in [4.69, 9.17) is 18.5 Å². The SMILES string of the molecule is CCCCC/C=C\C/C=C\C/C=C\C/C=C\C/C=C\CCC(=O)OC[C@H](COP(=O)(O)OC1[C@H](O)[C@H](O)C(O)[C@H](O)[C@H]1O)OC(=O)CCC/C=C\C/C=C\C/C=C\C/C=C\CCC[C@H](C)O. The third kappa shape index (κ3) is 32.2. The number of hydrogen-bond donors (Lipinski definition) is 7. The summed E-state index contributed by atoms with van der Waals surface area (Å²) < 4.78 is 33.4. The summed E-state index contributed by atoms with van der Waals surface area (Å²) in [6.07, 6.45) is 38.6. The lowest BCUT2D eigenvalue weighted by Crippen LogP contribution is -2.64. The molecular weight excluding hydrogens is 868 g/mol. The van der Waals surface area contributed by atoms with Gasteiger partial charge in [0.15, 0.2) is 6.10 Å². The Morgan fingerprint density at radius 1 is 0.530 bits per heavy atom. The summed E-state index contributed by atoms with van der Waals surface area (Å²) in [5.41, 5.74) is 0. The van der Waals surface area contributed by atoms with Gasteiger partial charge in [-0.15, -0.1) is 0 Å². The average Bonchev–Trinajstić information content (AvgIpc) is 3.29. The summed E-state index contributed by atoms with van der Waals surface area (Å²) in [4.78, 5) is 35.7. The number of phosphoric acid groups is 1. The highest BCUT2D eigenvalue weighted by Gasteiger charge is 2.51. The van der Waals surface area contributed by atoms with Crippen molar-refractivity contribution < 1.29 is 68.2 Å². The first-order valence-corrected chi connectivity index (χ1v) is 25.2. The molecule has 1 aliphatic rings. The zero-order valence-corrected chi connectivity index (χ0v) is 40.2. The van der Waals surface area contributed by atoms with Crippen LogP contribution in [0.5, 0.6) is 0 Å². The van der Waals surface area contributed by atoms with Gasteiger partial charge in [0.2, 0.25) is 0 Å². The normalized spacial score (nSPS) is 22.7. The van der Waals surface area contributed by atoms with Crippen LogP contribution in [-0.2, 0) is 32.7 Å². The van der Waals surface area contributed by atoms with Gasteiger partial charge in [0.05, 0.1) is 12.7 Å². The summed E-state index contributed by atoms with van der Waals surface area (Å²) in [5.74, 6) is -1.29. The molecule has 15 heteroatoms. The average molecular weight is 949 g/mol. The Morgan fingerprint density at radius 3 is 1.39 bits per heavy atom. The van der Waals surface area contributed by atoms with Crippen LogP contribution in [0.3, 0.4) is 0 Å². The molecule has 374 valence electrons. The highest BCUT2D eigenvalue weighted by molar-refractivity contribution is 7.47. The van der Waals surface area contributed by atoms with Gasteiger partial charge in [-0.3, -0.25) is 18.6 Å². The molecule has 0 amide bonds. The van der Waals surface area contributed by atoms with Gasteiger partial charge in [0, 0.05) is 12.8 Å². The van der Waals surface area contributed by atoms with Crippen molar-refractivity contribution in [2.75, 3.05) is 13.2 Å². The molecule has 66 heavy (non-hydrogen) atoms. The molecule has 0 bridgehead atoms. The van der Waals surface area contributed by atoms with Crippen molar-refractivity contribution in [3.05, 3.63) is 109 Å². The predicted octanol–water partition coefficient (Wildman–Crippen LogP) is 8.58. The second kappa shape index (κ2) is 39.5. The van der Waals surface area contributed by atoms with E-state index in [1.165, 1.54) is 19.3 Å². The minimum absolute atomic E-state index is 0.0134. The molecule has 1 aliphatic carbocycles. The number of ether oxygens (including phenoxy) is 2. The quantitative estimate of drug-likeness (QED) is 0.0134. The fourth-order valence-corrected chi connectivity index (χ4v) is 7.25. The lowest BCUT2D eigenvalue weighted by atomic mass is 9.85. The molecule has 0 heterocycles. The standard InChI is InChI=1S/C51H81O14P/c1-3-4-5-6-7-8-9-10-11-12-13-14-17-20-23-26-29-32-35-38-44(53)62-40-43(41-63-66(60,61)65-51-49(58)47(56)46(55)48(57)50(51)59)64-45(54)39-36-33-30-27-24-21-18-15-16-19-22-25-28-31-34-37-42(2)52/h7-8,10-11,13-14,16,18-21,23,25,27-30,32,42-43,46-52,55-59H,3-6,9,12,15,17,22,24,26,31,33-41H2,1-2H3,(H,60,61)/b8-7-,11-10-,14-13-,19-16-,21-18-,23-20-,28-25-,30-27-,32-29-/t42-,43+,46?,47-,48+,49+,50+,51?/m0/s1. The van der Waals surface area contributed by atoms with Crippen LogP contribution in [0.1, 0.15) is 136 Å². The third-order valence-electron chi connectivity index (χ3n) is 10.1. The van der Waals surface area contributed by atoms with E-state index in [-0.39, 0.29) is 18.9 Å². The van der Waals surface area contributed by atoms with Crippen LogP contribution in [0, 0.1) is 0 Å². The predicted molar refractivity (Wildman–Crippen MR) is 259 cm³/mol. The number of hydrogen-bond acceptors (Lipinski definition) is 13. The van der Waals surface area contributed by atoms with E-state index in [1.54, 1.807) is 6.92 Å². The Bertz CT molecular complexity index is 1580. The van der Waals surface area contributed by atoms with Crippen molar-refractivity contribution in [2.45, 2.75) is 185 Å². The van der Waals surface area contributed by atoms with Crippen LogP contribution >= 0.6 is 7.82 Å². The number of carbonyl (C=O) groups excluding carboxylic acids is 2. The second-order valence-electron chi connectivity index (χ2n) is 16.2. The molecular formula is C51H81O14P. The van der Waals surface area contributed by atoms with Crippen molar-refractivity contribution in [1.82, 2.24) is 0 Å². The van der Waals surface area contributed by atoms with Crippen LogP contribution in [0.4, 0.5) is 0 Å². The van der Waals surface area contributed by atoms with Crippen molar-refractivity contribution in [2.24, 2.45) is 0 Å². The third-order valence-corrected chi connectivity index (χ3v) is 11.1. The van der Waals surface area contributed by atoms with Crippen LogP contribution in [-0.4, -0.2) is 110 Å². The molecule has 9 atom stereocenters. The number of phosphoric ester groups is 1. The number of esters is 2. The minimum atomic E-state index is -5.17. The maximum absolute atomic E-state index is 12.8. The van der Waals surface area contributed by atoms with Crippen molar-refractivity contribution >= 4 is 19.8 Å². The Morgan fingerprint density at radius 2 is 0.939 bits per heavy atom. The molecule has 0 aromatic carbocycles. The van der Waals surface area contributed by atoms with Crippen molar-refractivity contribution in [3.8, 4) is 0 Å². The summed E-state index contributed by atoms with van der Waals surface area (Å²) in [7, 11) is -5.17. The van der Waals surface area contributed by atoms with Gasteiger partial charge in [-0.1, -0.05) is 129 Å².